The van der Waals surface area contributed by atoms with E-state index in [4.69, 9.17) is 28.7 Å². The highest BCUT2D eigenvalue weighted by Crippen LogP contribution is 2.44. The number of amides is 1. The molecule has 4 rings (SSSR count). The fourth-order valence-corrected chi connectivity index (χ4v) is 8.31. The van der Waals surface area contributed by atoms with Crippen LogP contribution in [0, 0.1) is 17.8 Å². The Hall–Kier alpha value is -2.19. The summed E-state index contributed by atoms with van der Waals surface area (Å²) in [6.45, 7) is 14.1. The molecular weight excluding hydrogens is 601 g/mol. The molecule has 0 aromatic rings. The van der Waals surface area contributed by atoms with E-state index in [0.29, 0.717) is 19.5 Å². The quantitative estimate of drug-likeness (QED) is 0.348. The van der Waals surface area contributed by atoms with E-state index in [0.717, 1.165) is 12.6 Å². The van der Waals surface area contributed by atoms with E-state index in [-0.39, 0.29) is 36.8 Å². The number of carbonyl (C=O) groups is 3. The molecule has 0 aromatic heterocycles. The third-order valence-corrected chi connectivity index (χ3v) is 10.9. The van der Waals surface area contributed by atoms with Gasteiger partial charge in [0, 0.05) is 37.2 Å². The average Bonchev–Trinajstić information content (AvgIpc) is 3.11. The van der Waals surface area contributed by atoms with Gasteiger partial charge in [0.05, 0.1) is 30.4 Å². The Labute approximate surface area is 272 Å². The molecule has 46 heavy (non-hydrogen) atoms. The van der Waals surface area contributed by atoms with Crippen molar-refractivity contribution in [3.8, 4) is 0 Å². The number of halogens is 1. The lowest BCUT2D eigenvalue weighted by Gasteiger charge is -2.47. The smallest absolute Gasteiger partial charge is 0.410 e. The number of ether oxygens (including phenoxy) is 5. The summed E-state index contributed by atoms with van der Waals surface area (Å²) in [5.74, 6) is -4.26. The first-order valence-electron chi connectivity index (χ1n) is 16.5. The fourth-order valence-electron chi connectivity index (χ4n) is 8.31. The normalized spacial score (nSPS) is 45.9. The number of carbonyl (C=O) groups excluding carboxylic acids is 3. The zero-order valence-corrected chi connectivity index (χ0v) is 29.2. The second kappa shape index (κ2) is 13.4. The maximum absolute atomic E-state index is 16.6. The fraction of sp³-hybridized carbons (Fsp3) is 0.879. The van der Waals surface area contributed by atoms with Crippen LogP contribution in [0.2, 0.25) is 0 Å². The summed E-state index contributed by atoms with van der Waals surface area (Å²) in [5.41, 5.74) is -4.83. The number of hydrogen-bond donors (Lipinski definition) is 1. The zero-order chi connectivity index (χ0) is 34.5. The number of esters is 1. The van der Waals surface area contributed by atoms with Crippen molar-refractivity contribution in [1.29, 1.82) is 0 Å². The molecule has 0 unspecified atom stereocenters. The van der Waals surface area contributed by atoms with Gasteiger partial charge in [0.1, 0.15) is 12.2 Å². The molecule has 262 valence electrons. The highest BCUT2D eigenvalue weighted by Gasteiger charge is 2.61. The van der Waals surface area contributed by atoms with Gasteiger partial charge in [-0.25, -0.2) is 14.0 Å². The van der Waals surface area contributed by atoms with Gasteiger partial charge in [-0.1, -0.05) is 27.7 Å². The number of aliphatic imine (C=N–C) groups is 1. The van der Waals surface area contributed by atoms with Crippen LogP contribution >= 0.6 is 0 Å². The minimum absolute atomic E-state index is 0.212. The van der Waals surface area contributed by atoms with Crippen molar-refractivity contribution in [3.05, 3.63) is 0 Å². The molecule has 3 fully saturated rings. The van der Waals surface area contributed by atoms with Gasteiger partial charge in [0.25, 0.3) is 5.67 Å². The number of cyclic esters (lactones) is 1. The predicted octanol–water partition coefficient (Wildman–Crippen LogP) is 3.17. The summed E-state index contributed by atoms with van der Waals surface area (Å²) in [4.78, 5) is 49.3. The maximum Gasteiger partial charge on any atom is 0.410 e. The first-order valence-corrected chi connectivity index (χ1v) is 16.5. The van der Waals surface area contributed by atoms with Crippen molar-refractivity contribution in [2.24, 2.45) is 22.7 Å². The molecule has 4 aliphatic rings. The van der Waals surface area contributed by atoms with E-state index in [1.54, 1.807) is 25.7 Å². The molecule has 12 nitrogen and oxygen atoms in total. The minimum Gasteiger partial charge on any atom is -0.455 e. The summed E-state index contributed by atoms with van der Waals surface area (Å²) in [5, 5.41) is 11.3. The number of alkyl halides is 1. The number of methoxy groups -OCH3 is 1. The Morgan fingerprint density at radius 2 is 1.76 bits per heavy atom. The first-order chi connectivity index (χ1) is 21.3. The molecule has 0 saturated carbocycles. The highest BCUT2D eigenvalue weighted by atomic mass is 19.1. The number of ketones is 1. The van der Waals surface area contributed by atoms with E-state index >= 15 is 4.39 Å². The average molecular weight is 656 g/mol. The molecule has 13 heteroatoms. The van der Waals surface area contributed by atoms with Crippen molar-refractivity contribution in [2.75, 3.05) is 34.3 Å². The van der Waals surface area contributed by atoms with Gasteiger partial charge >= 0.3 is 12.1 Å². The summed E-state index contributed by atoms with van der Waals surface area (Å²) in [7, 11) is 5.19. The molecule has 0 spiro atoms. The zero-order valence-electron chi connectivity index (χ0n) is 29.2. The standard InChI is InChI=1S/C33H54FN3O9/c1-12-22-33(8)25-19(4)23(35-13-14-37(25)30(41)46-33)17(2)16-31(6,42-11)27(20(5)26(39)32(7,34)29(40)44-22)45-28-24(38)21(36(9)10)15-18(3)43-28/h17-22,24-25,27-28,38H,12-16H2,1-11H3/t17-,18-,19+,20+,21+,22-,24-,25+,27+,28+,31-,32+,33-/m1/s1. The molecule has 13 atom stereocenters. The molecule has 4 aliphatic heterocycles. The lowest BCUT2D eigenvalue weighted by Crippen LogP contribution is -2.61. The van der Waals surface area contributed by atoms with Crippen LogP contribution in [0.4, 0.5) is 9.18 Å². The van der Waals surface area contributed by atoms with E-state index in [2.05, 4.69) is 0 Å². The molecule has 4 heterocycles. The molecule has 0 aliphatic carbocycles. The lowest BCUT2D eigenvalue weighted by molar-refractivity contribution is -0.295. The van der Waals surface area contributed by atoms with Crippen LogP contribution < -0.4 is 0 Å². The molecule has 0 aromatic carbocycles. The Bertz CT molecular complexity index is 1200. The van der Waals surface area contributed by atoms with Gasteiger partial charge in [0.15, 0.2) is 17.7 Å². The summed E-state index contributed by atoms with van der Waals surface area (Å²) in [6.07, 6.45) is -4.22. The van der Waals surface area contributed by atoms with Crippen LogP contribution in [0.15, 0.2) is 4.99 Å². The van der Waals surface area contributed by atoms with Gasteiger partial charge in [0.2, 0.25) is 0 Å². The number of aliphatic hydroxyl groups is 1. The number of aliphatic hydroxyl groups excluding tert-OH is 1. The van der Waals surface area contributed by atoms with E-state index < -0.39 is 71.3 Å². The Balaban J connectivity index is 1.84. The molecule has 2 bridgehead atoms. The minimum atomic E-state index is -3.08. The van der Waals surface area contributed by atoms with Crippen molar-refractivity contribution < 1.29 is 47.6 Å². The number of nitrogens with zero attached hydrogens (tertiary/aromatic N) is 3. The SMILES string of the molecule is CC[C@H]1OC(=O)[C@@](C)(F)C(=O)[C@H](C)[C@H](O[C@@H]2O[C@H](C)C[C@H](N(C)C)[C@H]2O)[C@](C)(OC)C[C@@H](C)C2=NCCN3C(=O)O[C@@]1(C)[C@@H]3[C@H]2C. The lowest BCUT2D eigenvalue weighted by atomic mass is 9.73. The van der Waals surface area contributed by atoms with Crippen LogP contribution in [0.25, 0.3) is 0 Å². The largest absolute Gasteiger partial charge is 0.455 e. The van der Waals surface area contributed by atoms with Crippen molar-refractivity contribution in [2.45, 2.75) is 134 Å². The van der Waals surface area contributed by atoms with Crippen LogP contribution in [0.3, 0.4) is 0 Å². The molecule has 1 N–H and O–H groups in total. The van der Waals surface area contributed by atoms with E-state index in [1.165, 1.54) is 14.0 Å². The Morgan fingerprint density at radius 3 is 2.35 bits per heavy atom. The Kier molecular flexibility index (Phi) is 10.7. The molecule has 0 radical (unpaired) electrons. The van der Waals surface area contributed by atoms with Gasteiger partial charge < -0.3 is 33.7 Å². The van der Waals surface area contributed by atoms with Crippen molar-refractivity contribution in [1.82, 2.24) is 9.80 Å². The Morgan fingerprint density at radius 1 is 1.11 bits per heavy atom. The van der Waals surface area contributed by atoms with Crippen LogP contribution in [-0.2, 0) is 33.3 Å². The second-order valence-electron chi connectivity index (χ2n) is 14.5. The third-order valence-electron chi connectivity index (χ3n) is 10.9. The van der Waals surface area contributed by atoms with Gasteiger partial charge in [-0.3, -0.25) is 14.7 Å². The monoisotopic (exact) mass is 655 g/mol. The number of rotatable bonds is 5. The van der Waals surface area contributed by atoms with Gasteiger partial charge in [-0.2, -0.15) is 0 Å². The molecular formula is C33H54FN3O9. The van der Waals surface area contributed by atoms with Gasteiger partial charge in [-0.05, 0) is 67.0 Å². The number of likely N-dealkylation sites (N-methyl/N-ethyl adjacent to an activating group) is 1. The molecule has 3 saturated heterocycles. The second-order valence-corrected chi connectivity index (χ2v) is 14.5. The highest BCUT2D eigenvalue weighted by molar-refractivity contribution is 6.08. The number of fused-ring (bicyclic) bond motifs is 1. The third kappa shape index (κ3) is 6.34. The summed E-state index contributed by atoms with van der Waals surface area (Å²) in [6, 6.07) is -0.867. The van der Waals surface area contributed by atoms with Crippen LogP contribution in [0.1, 0.15) is 74.7 Å². The number of hydrogen-bond acceptors (Lipinski definition) is 11. The van der Waals surface area contributed by atoms with Crippen molar-refractivity contribution in [3.63, 3.8) is 0 Å². The van der Waals surface area contributed by atoms with Crippen molar-refractivity contribution >= 4 is 23.6 Å². The van der Waals surface area contributed by atoms with E-state index in [1.807, 2.05) is 39.8 Å². The number of Topliss-reactive ketones (excluding diaryl/α,β-unsaturated/α-hetero) is 1. The first kappa shape index (κ1) is 36.6. The molecule has 1 amide bonds. The predicted molar refractivity (Wildman–Crippen MR) is 167 cm³/mol. The van der Waals surface area contributed by atoms with Gasteiger partial charge in [-0.15, -0.1) is 0 Å². The summed E-state index contributed by atoms with van der Waals surface area (Å²) < 4.78 is 47.0. The maximum atomic E-state index is 16.6. The van der Waals surface area contributed by atoms with E-state index in [9.17, 15) is 19.5 Å². The summed E-state index contributed by atoms with van der Waals surface area (Å²) >= 11 is 0. The van der Waals surface area contributed by atoms with Crippen LogP contribution in [0.5, 0.6) is 0 Å². The van der Waals surface area contributed by atoms with Crippen LogP contribution in [-0.4, -0.2) is 132 Å². The topological polar surface area (TPSA) is 136 Å².